The number of rotatable bonds is 10. The molecular weight excluding hydrogens is 499 g/mol. The lowest BCUT2D eigenvalue weighted by Gasteiger charge is -2.30. The van der Waals surface area contributed by atoms with Crippen LogP contribution in [0.5, 0.6) is 0 Å². The molecule has 0 aromatic heterocycles. The van der Waals surface area contributed by atoms with Gasteiger partial charge in [-0.15, -0.1) is 0 Å². The zero-order valence-electron chi connectivity index (χ0n) is 22.2. The van der Waals surface area contributed by atoms with E-state index < -0.39 is 17.6 Å². The number of benzene rings is 2. The Morgan fingerprint density at radius 2 is 1.92 bits per heavy atom. The number of aryl methyl sites for hydroxylation is 1. The van der Waals surface area contributed by atoms with Crippen molar-refractivity contribution in [1.82, 2.24) is 9.80 Å². The van der Waals surface area contributed by atoms with E-state index in [-0.39, 0.29) is 29.8 Å². The monoisotopic (exact) mass is 534 g/mol. The molecule has 39 heavy (non-hydrogen) atoms. The van der Waals surface area contributed by atoms with Crippen molar-refractivity contribution < 1.29 is 23.5 Å². The third-order valence-electron chi connectivity index (χ3n) is 8.86. The number of halogens is 1. The number of amides is 3. The quantitative estimate of drug-likeness (QED) is 0.482. The molecular formula is C30H35FN4O4. The normalized spacial score (nSPS) is 23.5. The number of fused-ring (bicyclic) bond motifs is 2. The first-order valence-electron chi connectivity index (χ1n) is 13.9. The van der Waals surface area contributed by atoms with Crippen LogP contribution in [0.1, 0.15) is 55.7 Å². The van der Waals surface area contributed by atoms with Crippen molar-refractivity contribution in [3.63, 3.8) is 0 Å². The topological polar surface area (TPSA) is 105 Å². The first kappa shape index (κ1) is 25.8. The number of nitrogens with two attached hydrogens (primary N) is 1. The lowest BCUT2D eigenvalue weighted by atomic mass is 9.94. The minimum Gasteiger partial charge on any atom is -0.427 e. The summed E-state index contributed by atoms with van der Waals surface area (Å²) in [6.07, 6.45) is 4.85. The second kappa shape index (κ2) is 9.62. The number of ether oxygens (including phenoxy) is 1. The van der Waals surface area contributed by atoms with E-state index in [1.165, 1.54) is 12.1 Å². The summed E-state index contributed by atoms with van der Waals surface area (Å²) in [4.78, 5) is 42.9. The second-order valence-electron chi connectivity index (χ2n) is 11.7. The van der Waals surface area contributed by atoms with Crippen molar-refractivity contribution in [3.05, 3.63) is 65.0 Å². The fraction of sp³-hybridized carbons (Fsp3) is 0.500. The summed E-state index contributed by atoms with van der Waals surface area (Å²) in [6, 6.07) is 12.0. The number of hydrogen-bond donors (Lipinski definition) is 2. The van der Waals surface area contributed by atoms with Gasteiger partial charge in [-0.05, 0) is 86.8 Å². The maximum atomic E-state index is 13.7. The van der Waals surface area contributed by atoms with Crippen LogP contribution in [-0.2, 0) is 32.8 Å². The van der Waals surface area contributed by atoms with E-state index in [9.17, 15) is 18.8 Å². The van der Waals surface area contributed by atoms with Crippen molar-refractivity contribution in [3.8, 4) is 0 Å². The lowest BCUT2D eigenvalue weighted by molar-refractivity contribution is -0.142. The average molecular weight is 535 g/mol. The van der Waals surface area contributed by atoms with E-state index in [2.05, 4.69) is 5.32 Å². The van der Waals surface area contributed by atoms with Gasteiger partial charge in [-0.3, -0.25) is 9.59 Å². The Bertz CT molecular complexity index is 1310. The lowest BCUT2D eigenvalue weighted by Crippen LogP contribution is -2.48. The molecule has 2 unspecified atom stereocenters. The summed E-state index contributed by atoms with van der Waals surface area (Å²) in [5, 5.41) is 3.38. The van der Waals surface area contributed by atoms with Crippen LogP contribution in [0.15, 0.2) is 42.5 Å². The molecule has 3 aliphatic carbocycles. The predicted octanol–water partition coefficient (Wildman–Crippen LogP) is 3.72. The number of nitrogens with one attached hydrogen (secondary N) is 1. The molecule has 2 aromatic carbocycles. The maximum absolute atomic E-state index is 13.7. The molecule has 2 saturated carbocycles. The molecule has 3 N–H and O–H groups in total. The minimum atomic E-state index is -1.38. The van der Waals surface area contributed by atoms with E-state index in [0.717, 1.165) is 47.4 Å². The average Bonchev–Trinajstić information content (AvgIpc) is 3.85. The van der Waals surface area contributed by atoms with Crippen molar-refractivity contribution in [1.29, 1.82) is 0 Å². The first-order chi connectivity index (χ1) is 18.7. The van der Waals surface area contributed by atoms with Crippen LogP contribution in [0.25, 0.3) is 0 Å². The fourth-order valence-corrected chi connectivity index (χ4v) is 5.89. The largest absolute Gasteiger partial charge is 0.427 e. The molecule has 1 spiro atoms. The van der Waals surface area contributed by atoms with Gasteiger partial charge >= 0.3 is 6.09 Å². The van der Waals surface area contributed by atoms with Crippen molar-refractivity contribution in [2.24, 2.45) is 11.7 Å². The number of carbonyl (C=O) groups excluding carboxylic acids is 3. The Balaban J connectivity index is 1.15. The van der Waals surface area contributed by atoms with Gasteiger partial charge in [-0.25, -0.2) is 14.1 Å². The molecule has 1 saturated heterocycles. The smallest absolute Gasteiger partial charge is 0.418 e. The van der Waals surface area contributed by atoms with E-state index >= 15 is 0 Å². The fourth-order valence-electron chi connectivity index (χ4n) is 5.89. The van der Waals surface area contributed by atoms with Crippen LogP contribution in [0.2, 0.25) is 0 Å². The molecule has 4 aliphatic rings. The van der Waals surface area contributed by atoms with Gasteiger partial charge in [0.25, 0.3) is 5.91 Å². The zero-order valence-corrected chi connectivity index (χ0v) is 22.2. The van der Waals surface area contributed by atoms with Crippen molar-refractivity contribution in [2.45, 2.75) is 69.1 Å². The highest BCUT2D eigenvalue weighted by atomic mass is 19.1. The third kappa shape index (κ3) is 5.00. The second-order valence-corrected chi connectivity index (χ2v) is 11.7. The Morgan fingerprint density at radius 1 is 1.18 bits per heavy atom. The van der Waals surface area contributed by atoms with E-state index in [1.54, 1.807) is 17.0 Å². The Kier molecular flexibility index (Phi) is 6.37. The predicted molar refractivity (Wildman–Crippen MR) is 143 cm³/mol. The minimum absolute atomic E-state index is 0.0120. The molecule has 0 radical (unpaired) electrons. The molecule has 1 aliphatic heterocycles. The van der Waals surface area contributed by atoms with E-state index in [1.807, 2.05) is 25.1 Å². The molecule has 3 amide bonds. The number of hydrogen-bond acceptors (Lipinski definition) is 6. The van der Waals surface area contributed by atoms with Gasteiger partial charge in [-0.2, -0.15) is 0 Å². The molecule has 6 rings (SSSR count). The third-order valence-corrected chi connectivity index (χ3v) is 8.86. The van der Waals surface area contributed by atoms with Gasteiger partial charge in [0.1, 0.15) is 12.4 Å². The van der Waals surface area contributed by atoms with Crippen LogP contribution < -0.4 is 11.1 Å². The standard InChI is InChI=1S/C30H35FN4O4/c1-19(21-4-5-21)34(15-11-20-2-6-23(31)7-3-20)26(36)17-35-27(37)30(39-28(35)38)12-10-22-16-24(8-9-25(22)30)33-18-29(32)13-14-29/h2-3,6-9,16,19,21,33H,4-5,10-15,17-18,32H2,1H3. The van der Waals surface area contributed by atoms with Crippen LogP contribution in [0.3, 0.4) is 0 Å². The van der Waals surface area contributed by atoms with Crippen molar-refractivity contribution >= 4 is 23.6 Å². The molecule has 2 aromatic rings. The number of nitrogens with zero attached hydrogens (tertiary/aromatic N) is 2. The highest BCUT2D eigenvalue weighted by Gasteiger charge is 2.58. The van der Waals surface area contributed by atoms with Crippen molar-refractivity contribution in [2.75, 3.05) is 25.0 Å². The van der Waals surface area contributed by atoms with Crippen LogP contribution in [0.4, 0.5) is 14.9 Å². The Morgan fingerprint density at radius 3 is 2.62 bits per heavy atom. The van der Waals surface area contributed by atoms with Gasteiger partial charge in [0.2, 0.25) is 11.5 Å². The highest BCUT2D eigenvalue weighted by Crippen LogP contribution is 2.46. The maximum Gasteiger partial charge on any atom is 0.418 e. The first-order valence-corrected chi connectivity index (χ1v) is 13.9. The van der Waals surface area contributed by atoms with E-state index in [4.69, 9.17) is 10.5 Å². The summed E-state index contributed by atoms with van der Waals surface area (Å²) in [5.41, 5.74) is 8.18. The zero-order chi connectivity index (χ0) is 27.4. The van der Waals surface area contributed by atoms with E-state index in [0.29, 0.717) is 43.8 Å². The SMILES string of the molecule is CC(C1CC1)N(CCc1ccc(F)cc1)C(=O)CN1C(=O)OC2(CCc3cc(NCC4(N)CC4)ccc32)C1=O. The van der Waals surface area contributed by atoms with Gasteiger partial charge in [0, 0.05) is 42.3 Å². The molecule has 9 heteroatoms. The molecule has 0 bridgehead atoms. The van der Waals surface area contributed by atoms with Gasteiger partial charge < -0.3 is 20.7 Å². The summed E-state index contributed by atoms with van der Waals surface area (Å²) in [5.74, 6) is -0.654. The highest BCUT2D eigenvalue weighted by molar-refractivity contribution is 6.06. The molecule has 2 atom stereocenters. The van der Waals surface area contributed by atoms with Crippen LogP contribution in [0, 0.1) is 11.7 Å². The molecule has 1 heterocycles. The van der Waals surface area contributed by atoms with Gasteiger partial charge in [-0.1, -0.05) is 18.2 Å². The summed E-state index contributed by atoms with van der Waals surface area (Å²) >= 11 is 0. The Hall–Kier alpha value is -3.46. The summed E-state index contributed by atoms with van der Waals surface area (Å²) in [6.45, 7) is 2.78. The number of imide groups is 1. The van der Waals surface area contributed by atoms with Crippen LogP contribution in [-0.4, -0.2) is 58.9 Å². The number of anilines is 1. The molecule has 206 valence electrons. The molecule has 8 nitrogen and oxygen atoms in total. The summed E-state index contributed by atoms with van der Waals surface area (Å²) in [7, 11) is 0. The van der Waals surface area contributed by atoms with Gasteiger partial charge in [0.15, 0.2) is 0 Å². The summed E-state index contributed by atoms with van der Waals surface area (Å²) < 4.78 is 19.1. The molecule has 3 fully saturated rings. The Labute approximate surface area is 227 Å². The number of carbonyl (C=O) groups is 3. The van der Waals surface area contributed by atoms with Crippen LogP contribution >= 0.6 is 0 Å². The van der Waals surface area contributed by atoms with Gasteiger partial charge in [0.05, 0.1) is 0 Å².